The zero-order valence-electron chi connectivity index (χ0n) is 18.0. The van der Waals surface area contributed by atoms with Crippen LogP contribution in [0.1, 0.15) is 30.5 Å². The highest BCUT2D eigenvalue weighted by Crippen LogP contribution is 2.27. The molecule has 0 saturated heterocycles. The monoisotopic (exact) mass is 411 g/mol. The first-order chi connectivity index (χ1) is 14.4. The number of ether oxygens (including phenoxy) is 2. The molecule has 0 atom stereocenters. The van der Waals surface area contributed by atoms with Crippen molar-refractivity contribution in [2.24, 2.45) is 5.92 Å². The molecule has 3 rings (SSSR count). The number of fused-ring (bicyclic) bond motifs is 1. The molecule has 1 aliphatic heterocycles. The predicted octanol–water partition coefficient (Wildman–Crippen LogP) is 3.57. The van der Waals surface area contributed by atoms with Crippen LogP contribution in [-0.4, -0.2) is 37.6 Å². The molecule has 2 aromatic carbocycles. The van der Waals surface area contributed by atoms with Crippen LogP contribution in [0, 0.1) is 5.92 Å². The summed E-state index contributed by atoms with van der Waals surface area (Å²) in [7, 11) is 3.16. The van der Waals surface area contributed by atoms with E-state index < -0.39 is 0 Å². The van der Waals surface area contributed by atoms with Crippen LogP contribution in [0.25, 0.3) is 0 Å². The molecule has 0 aliphatic carbocycles. The molecule has 1 heterocycles. The van der Waals surface area contributed by atoms with E-state index in [0.717, 1.165) is 24.1 Å². The fourth-order valence-electron chi connectivity index (χ4n) is 3.54. The smallest absolute Gasteiger partial charge is 0.319 e. The Balaban J connectivity index is 1.60. The second-order valence-electron chi connectivity index (χ2n) is 7.64. The minimum absolute atomic E-state index is 0.0183. The molecule has 1 aliphatic rings. The molecule has 0 radical (unpaired) electrons. The molecular weight excluding hydrogens is 382 g/mol. The van der Waals surface area contributed by atoms with Gasteiger partial charge >= 0.3 is 6.03 Å². The Kier molecular flexibility index (Phi) is 6.82. The van der Waals surface area contributed by atoms with Gasteiger partial charge in [0.15, 0.2) is 11.5 Å². The number of anilines is 1. The van der Waals surface area contributed by atoms with E-state index in [0.29, 0.717) is 30.3 Å². The molecular formula is C23H29N3O4. The van der Waals surface area contributed by atoms with Crippen molar-refractivity contribution in [3.05, 3.63) is 53.1 Å². The van der Waals surface area contributed by atoms with Gasteiger partial charge in [0.2, 0.25) is 5.91 Å². The first-order valence-electron chi connectivity index (χ1n) is 10.1. The van der Waals surface area contributed by atoms with E-state index in [2.05, 4.69) is 10.6 Å². The third kappa shape index (κ3) is 5.03. The lowest BCUT2D eigenvalue weighted by Gasteiger charge is -2.30. The zero-order valence-corrected chi connectivity index (χ0v) is 18.0. The standard InChI is InChI=1S/C23H29N3O4/c1-15(2)22(27)26-10-9-17-6-7-19(12-18(17)14-26)25-23(28)24-13-16-5-8-20(29-3)21(11-16)30-4/h5-8,11-12,15H,9-10,13-14H2,1-4H3,(H2,24,25,28). The Hall–Kier alpha value is -3.22. The Morgan fingerprint density at radius 2 is 1.80 bits per heavy atom. The molecule has 3 amide bonds. The Bertz CT molecular complexity index is 927. The summed E-state index contributed by atoms with van der Waals surface area (Å²) in [4.78, 5) is 26.5. The number of rotatable bonds is 6. The van der Waals surface area contributed by atoms with Gasteiger partial charge in [-0.25, -0.2) is 4.79 Å². The van der Waals surface area contributed by atoms with Crippen molar-refractivity contribution >= 4 is 17.6 Å². The number of carbonyl (C=O) groups is 2. The van der Waals surface area contributed by atoms with Crippen molar-refractivity contribution in [2.75, 3.05) is 26.1 Å². The van der Waals surface area contributed by atoms with Crippen LogP contribution >= 0.6 is 0 Å². The molecule has 0 bridgehead atoms. The number of benzene rings is 2. The highest BCUT2D eigenvalue weighted by molar-refractivity contribution is 5.89. The largest absolute Gasteiger partial charge is 0.493 e. The third-order valence-electron chi connectivity index (χ3n) is 5.18. The SMILES string of the molecule is COc1ccc(CNC(=O)Nc2ccc3c(c2)CN(C(=O)C(C)C)CC3)cc1OC. The van der Waals surface area contributed by atoms with Gasteiger partial charge in [0.25, 0.3) is 0 Å². The number of nitrogens with one attached hydrogen (secondary N) is 2. The maximum atomic E-state index is 12.4. The number of hydrogen-bond acceptors (Lipinski definition) is 4. The molecule has 0 aromatic heterocycles. The highest BCUT2D eigenvalue weighted by Gasteiger charge is 2.22. The average Bonchev–Trinajstić information content (AvgIpc) is 2.76. The lowest BCUT2D eigenvalue weighted by atomic mass is 9.98. The van der Waals surface area contributed by atoms with E-state index in [1.165, 1.54) is 5.56 Å². The number of urea groups is 1. The van der Waals surface area contributed by atoms with Gasteiger partial charge in [-0.2, -0.15) is 0 Å². The van der Waals surface area contributed by atoms with E-state index in [9.17, 15) is 9.59 Å². The van der Waals surface area contributed by atoms with E-state index >= 15 is 0 Å². The maximum Gasteiger partial charge on any atom is 0.319 e. The first kappa shape index (κ1) is 21.5. The van der Waals surface area contributed by atoms with Crippen LogP contribution in [-0.2, 0) is 24.3 Å². The normalized spacial score (nSPS) is 12.9. The highest BCUT2D eigenvalue weighted by atomic mass is 16.5. The molecule has 2 aromatic rings. The van der Waals surface area contributed by atoms with Gasteiger partial charge < -0.3 is 25.0 Å². The fraction of sp³-hybridized carbons (Fsp3) is 0.391. The molecule has 7 heteroatoms. The second-order valence-corrected chi connectivity index (χ2v) is 7.64. The van der Waals surface area contributed by atoms with Gasteiger partial charge in [-0.1, -0.05) is 26.0 Å². The first-order valence-corrected chi connectivity index (χ1v) is 10.1. The quantitative estimate of drug-likeness (QED) is 0.762. The minimum atomic E-state index is -0.296. The van der Waals surface area contributed by atoms with Crippen molar-refractivity contribution < 1.29 is 19.1 Å². The average molecular weight is 412 g/mol. The van der Waals surface area contributed by atoms with Crippen LogP contribution in [0.2, 0.25) is 0 Å². The van der Waals surface area contributed by atoms with Crippen LogP contribution in [0.3, 0.4) is 0 Å². The van der Waals surface area contributed by atoms with Crippen LogP contribution in [0.15, 0.2) is 36.4 Å². The van der Waals surface area contributed by atoms with Gasteiger partial charge in [-0.15, -0.1) is 0 Å². The van der Waals surface area contributed by atoms with Gasteiger partial charge in [0.05, 0.1) is 14.2 Å². The molecule has 0 unspecified atom stereocenters. The lowest BCUT2D eigenvalue weighted by molar-refractivity contribution is -0.135. The second kappa shape index (κ2) is 9.52. The molecule has 2 N–H and O–H groups in total. The summed E-state index contributed by atoms with van der Waals surface area (Å²) in [6.07, 6.45) is 0.833. The lowest BCUT2D eigenvalue weighted by Crippen LogP contribution is -2.38. The Morgan fingerprint density at radius 3 is 2.50 bits per heavy atom. The summed E-state index contributed by atoms with van der Waals surface area (Å²) >= 11 is 0. The van der Waals surface area contributed by atoms with Crippen molar-refractivity contribution in [3.8, 4) is 11.5 Å². The van der Waals surface area contributed by atoms with Gasteiger partial charge in [0.1, 0.15) is 0 Å². The summed E-state index contributed by atoms with van der Waals surface area (Å²) in [5.41, 5.74) is 3.90. The predicted molar refractivity (Wildman–Crippen MR) is 116 cm³/mol. The zero-order chi connectivity index (χ0) is 21.7. The van der Waals surface area contributed by atoms with E-state index in [4.69, 9.17) is 9.47 Å². The molecule has 0 fully saturated rings. The Labute approximate surface area is 177 Å². The topological polar surface area (TPSA) is 79.9 Å². The fourth-order valence-corrected chi connectivity index (χ4v) is 3.54. The third-order valence-corrected chi connectivity index (χ3v) is 5.18. The van der Waals surface area contributed by atoms with Gasteiger partial charge in [-0.05, 0) is 47.4 Å². The maximum absolute atomic E-state index is 12.4. The van der Waals surface area contributed by atoms with Crippen LogP contribution < -0.4 is 20.1 Å². The van der Waals surface area contributed by atoms with Crippen LogP contribution in [0.4, 0.5) is 10.5 Å². The number of carbonyl (C=O) groups excluding carboxylic acids is 2. The summed E-state index contributed by atoms with van der Waals surface area (Å²) < 4.78 is 10.5. The van der Waals surface area contributed by atoms with Crippen molar-refractivity contribution in [1.82, 2.24) is 10.2 Å². The number of methoxy groups -OCH3 is 2. The summed E-state index contributed by atoms with van der Waals surface area (Å²) in [6, 6.07) is 11.1. The molecule has 7 nitrogen and oxygen atoms in total. The molecule has 30 heavy (non-hydrogen) atoms. The number of nitrogens with zero attached hydrogens (tertiary/aromatic N) is 1. The Morgan fingerprint density at radius 1 is 1.03 bits per heavy atom. The molecule has 160 valence electrons. The number of hydrogen-bond donors (Lipinski definition) is 2. The summed E-state index contributed by atoms with van der Waals surface area (Å²) in [5.74, 6) is 1.40. The van der Waals surface area contributed by atoms with Crippen molar-refractivity contribution in [3.63, 3.8) is 0 Å². The van der Waals surface area contributed by atoms with E-state index in [-0.39, 0.29) is 17.9 Å². The summed E-state index contributed by atoms with van der Waals surface area (Å²) in [5, 5.41) is 5.72. The van der Waals surface area contributed by atoms with E-state index in [1.807, 2.05) is 49.1 Å². The van der Waals surface area contributed by atoms with Crippen LogP contribution in [0.5, 0.6) is 11.5 Å². The van der Waals surface area contributed by atoms with Gasteiger partial charge in [0, 0.05) is 31.2 Å². The van der Waals surface area contributed by atoms with Gasteiger partial charge in [-0.3, -0.25) is 4.79 Å². The molecule has 0 saturated carbocycles. The van der Waals surface area contributed by atoms with Crippen molar-refractivity contribution in [2.45, 2.75) is 33.4 Å². The molecule has 0 spiro atoms. The van der Waals surface area contributed by atoms with Crippen molar-refractivity contribution in [1.29, 1.82) is 0 Å². The summed E-state index contributed by atoms with van der Waals surface area (Å²) in [6.45, 7) is 5.50. The number of amides is 3. The minimum Gasteiger partial charge on any atom is -0.493 e. The van der Waals surface area contributed by atoms with E-state index in [1.54, 1.807) is 20.3 Å².